The number of halogens is 2. The third-order valence-corrected chi connectivity index (χ3v) is 4.49. The van der Waals surface area contributed by atoms with Crippen molar-refractivity contribution in [2.75, 3.05) is 10.7 Å². The molecular formula is C17H14F2N4O2S. The molecule has 1 aliphatic heterocycles. The van der Waals surface area contributed by atoms with Crippen molar-refractivity contribution in [3.05, 3.63) is 60.2 Å². The predicted molar refractivity (Wildman–Crippen MR) is 96.6 cm³/mol. The average molecular weight is 376 g/mol. The number of para-hydroxylation sites is 1. The third kappa shape index (κ3) is 4.57. The van der Waals surface area contributed by atoms with Gasteiger partial charge in [0.2, 0.25) is 11.8 Å². The zero-order valence-corrected chi connectivity index (χ0v) is 14.1. The van der Waals surface area contributed by atoms with Crippen LogP contribution >= 0.6 is 11.8 Å². The molecule has 3 rings (SSSR count). The van der Waals surface area contributed by atoms with Crippen LogP contribution in [0.3, 0.4) is 0 Å². The molecule has 0 unspecified atom stereocenters. The first-order chi connectivity index (χ1) is 12.5. The second-order valence-corrected chi connectivity index (χ2v) is 6.56. The number of hydrogen-bond donors (Lipinski definition) is 3. The van der Waals surface area contributed by atoms with Gasteiger partial charge in [0.05, 0.1) is 11.4 Å². The van der Waals surface area contributed by atoms with Gasteiger partial charge in [-0.2, -0.15) is 0 Å². The van der Waals surface area contributed by atoms with Crippen molar-refractivity contribution in [2.24, 2.45) is 5.10 Å². The highest BCUT2D eigenvalue weighted by atomic mass is 32.2. The average Bonchev–Trinajstić information content (AvgIpc) is 2.96. The first-order valence-corrected chi connectivity index (χ1v) is 8.50. The number of amides is 2. The number of rotatable bonds is 5. The van der Waals surface area contributed by atoms with E-state index in [0.29, 0.717) is 11.2 Å². The van der Waals surface area contributed by atoms with E-state index < -0.39 is 22.8 Å². The molecule has 1 fully saturated rings. The predicted octanol–water partition coefficient (Wildman–Crippen LogP) is 2.91. The minimum atomic E-state index is -0.879. The molecule has 3 N–H and O–H groups in total. The lowest BCUT2D eigenvalue weighted by atomic mass is 10.2. The number of thioether (sulfide) groups is 1. The van der Waals surface area contributed by atoms with Crippen molar-refractivity contribution in [3.8, 4) is 0 Å². The number of nitrogens with one attached hydrogen (secondary N) is 3. The normalized spacial score (nSPS) is 17.8. The highest BCUT2D eigenvalue weighted by Crippen LogP contribution is 2.24. The van der Waals surface area contributed by atoms with E-state index in [2.05, 4.69) is 21.2 Å². The molecule has 134 valence electrons. The molecule has 0 bridgehead atoms. The van der Waals surface area contributed by atoms with Crippen molar-refractivity contribution in [1.82, 2.24) is 5.32 Å². The molecule has 6 nitrogen and oxygen atoms in total. The maximum Gasteiger partial charge on any atom is 0.240 e. The Kier molecular flexibility index (Phi) is 5.47. The van der Waals surface area contributed by atoms with Gasteiger partial charge in [-0.25, -0.2) is 8.78 Å². The minimum absolute atomic E-state index is 0.139. The summed E-state index contributed by atoms with van der Waals surface area (Å²) in [5.74, 6) is -2.53. The van der Waals surface area contributed by atoms with E-state index in [1.807, 2.05) is 30.3 Å². The Morgan fingerprint density at radius 2 is 1.96 bits per heavy atom. The Balaban J connectivity index is 1.56. The lowest BCUT2D eigenvalue weighted by Gasteiger charge is -2.08. The summed E-state index contributed by atoms with van der Waals surface area (Å²) in [6.45, 7) is 0. The van der Waals surface area contributed by atoms with Crippen molar-refractivity contribution >= 4 is 40.1 Å². The van der Waals surface area contributed by atoms with E-state index in [1.54, 1.807) is 0 Å². The fourth-order valence-electron chi connectivity index (χ4n) is 2.18. The number of carbonyl (C=O) groups is 2. The molecule has 9 heteroatoms. The fraction of sp³-hybridized carbons (Fsp3) is 0.118. The molecule has 2 aromatic rings. The van der Waals surface area contributed by atoms with Gasteiger partial charge in [0.15, 0.2) is 5.17 Å². The van der Waals surface area contributed by atoms with Crippen LogP contribution in [0.5, 0.6) is 0 Å². The van der Waals surface area contributed by atoms with Gasteiger partial charge in [-0.3, -0.25) is 15.0 Å². The summed E-state index contributed by atoms with van der Waals surface area (Å²) in [6.07, 6.45) is -0.169. The van der Waals surface area contributed by atoms with Gasteiger partial charge in [-0.05, 0) is 24.3 Å². The molecular weight excluding hydrogens is 362 g/mol. The summed E-state index contributed by atoms with van der Waals surface area (Å²) in [4.78, 5) is 24.0. The van der Waals surface area contributed by atoms with Crippen LogP contribution in [-0.4, -0.2) is 22.2 Å². The van der Waals surface area contributed by atoms with Gasteiger partial charge < -0.3 is 10.6 Å². The van der Waals surface area contributed by atoms with Crippen LogP contribution in [0.4, 0.5) is 20.2 Å². The highest BCUT2D eigenvalue weighted by Gasteiger charge is 2.32. The third-order valence-electron chi connectivity index (χ3n) is 3.41. The number of benzene rings is 2. The number of hydrogen-bond acceptors (Lipinski definition) is 5. The summed E-state index contributed by atoms with van der Waals surface area (Å²) in [5.41, 5.74) is 3.41. The minimum Gasteiger partial charge on any atom is -0.324 e. The van der Waals surface area contributed by atoms with Gasteiger partial charge in [-0.1, -0.05) is 30.0 Å². The van der Waals surface area contributed by atoms with Crippen molar-refractivity contribution in [3.63, 3.8) is 0 Å². The SMILES string of the molecule is O=C(C[C@H]1S/C(=N/Nc2ccccc2)NC1=O)Nc1ccc(F)cc1F. The first kappa shape index (κ1) is 17.9. The van der Waals surface area contributed by atoms with Crippen molar-refractivity contribution in [1.29, 1.82) is 0 Å². The van der Waals surface area contributed by atoms with Gasteiger partial charge in [0, 0.05) is 12.5 Å². The summed E-state index contributed by atoms with van der Waals surface area (Å²) in [6, 6.07) is 12.0. The second kappa shape index (κ2) is 7.96. The number of nitrogens with zero attached hydrogens (tertiary/aromatic N) is 1. The van der Waals surface area contributed by atoms with Crippen molar-refractivity contribution in [2.45, 2.75) is 11.7 Å². The quantitative estimate of drug-likeness (QED) is 0.701. The molecule has 1 saturated heterocycles. The number of anilines is 2. The van der Waals surface area contributed by atoms with Crippen LogP contribution in [0.1, 0.15) is 6.42 Å². The molecule has 1 aliphatic rings. The molecule has 0 aromatic heterocycles. The molecule has 1 heterocycles. The summed E-state index contributed by atoms with van der Waals surface area (Å²) < 4.78 is 26.4. The van der Waals surface area contributed by atoms with Gasteiger partial charge in [0.25, 0.3) is 0 Å². The van der Waals surface area contributed by atoms with E-state index in [1.165, 1.54) is 0 Å². The molecule has 0 spiro atoms. The molecule has 2 amide bonds. The summed E-state index contributed by atoms with van der Waals surface area (Å²) >= 11 is 1.10. The molecule has 0 saturated carbocycles. The van der Waals surface area contributed by atoms with E-state index in [-0.39, 0.29) is 18.0 Å². The second-order valence-electron chi connectivity index (χ2n) is 5.37. The van der Waals surface area contributed by atoms with Gasteiger partial charge in [-0.15, -0.1) is 5.10 Å². The topological polar surface area (TPSA) is 82.6 Å². The zero-order chi connectivity index (χ0) is 18.5. The first-order valence-electron chi connectivity index (χ1n) is 7.62. The van der Waals surface area contributed by atoms with E-state index in [4.69, 9.17) is 0 Å². The van der Waals surface area contributed by atoms with Crippen LogP contribution in [0.25, 0.3) is 0 Å². The van der Waals surface area contributed by atoms with Crippen molar-refractivity contribution < 1.29 is 18.4 Å². The van der Waals surface area contributed by atoms with E-state index in [0.717, 1.165) is 29.6 Å². The van der Waals surface area contributed by atoms with Gasteiger partial charge >= 0.3 is 0 Å². The van der Waals surface area contributed by atoms with Crippen LogP contribution < -0.4 is 16.1 Å². The molecule has 0 aliphatic carbocycles. The monoisotopic (exact) mass is 376 g/mol. The van der Waals surface area contributed by atoms with Crippen LogP contribution in [0, 0.1) is 11.6 Å². The number of amidine groups is 1. The maximum absolute atomic E-state index is 13.6. The molecule has 2 aromatic carbocycles. The Bertz CT molecular complexity index is 861. The Labute approximate surface area is 152 Å². The molecule has 0 radical (unpaired) electrons. The summed E-state index contributed by atoms with van der Waals surface area (Å²) in [7, 11) is 0. The molecule has 1 atom stereocenters. The van der Waals surface area contributed by atoms with E-state index in [9.17, 15) is 18.4 Å². The maximum atomic E-state index is 13.6. The van der Waals surface area contributed by atoms with Crippen LogP contribution in [0.15, 0.2) is 53.6 Å². The standard InChI is InChI=1S/C17H14F2N4O2S/c18-10-6-7-13(12(19)8-10)20-15(24)9-14-16(25)21-17(26-14)23-22-11-4-2-1-3-5-11/h1-8,14,22H,9H2,(H,20,24)(H,21,23,25)/t14-/m1/s1. The van der Waals surface area contributed by atoms with Crippen LogP contribution in [-0.2, 0) is 9.59 Å². The Morgan fingerprint density at radius 1 is 1.19 bits per heavy atom. The Morgan fingerprint density at radius 3 is 2.69 bits per heavy atom. The lowest BCUT2D eigenvalue weighted by Crippen LogP contribution is -2.28. The number of hydrazone groups is 1. The van der Waals surface area contributed by atoms with Crippen LogP contribution in [0.2, 0.25) is 0 Å². The zero-order valence-electron chi connectivity index (χ0n) is 13.3. The Hall–Kier alpha value is -2.94. The molecule has 26 heavy (non-hydrogen) atoms. The van der Waals surface area contributed by atoms with Gasteiger partial charge in [0.1, 0.15) is 16.9 Å². The lowest BCUT2D eigenvalue weighted by molar-refractivity contribution is -0.122. The fourth-order valence-corrected chi connectivity index (χ4v) is 3.11. The van der Waals surface area contributed by atoms with E-state index >= 15 is 0 Å². The highest BCUT2D eigenvalue weighted by molar-refractivity contribution is 8.15. The smallest absolute Gasteiger partial charge is 0.240 e. The largest absolute Gasteiger partial charge is 0.324 e. The number of carbonyl (C=O) groups excluding carboxylic acids is 2. The summed E-state index contributed by atoms with van der Waals surface area (Å²) in [5, 5.41) is 8.62.